The van der Waals surface area contributed by atoms with Crippen LogP contribution in [0.5, 0.6) is 0 Å². The lowest BCUT2D eigenvalue weighted by Crippen LogP contribution is -2.35. The Morgan fingerprint density at radius 2 is 2.14 bits per heavy atom. The van der Waals surface area contributed by atoms with Crippen LogP contribution < -0.4 is 11.1 Å². The fraction of sp³-hybridized carbons (Fsp3) is 0.562. The number of hydrogen-bond acceptors (Lipinski definition) is 3. The van der Waals surface area contributed by atoms with Gasteiger partial charge in [-0.2, -0.15) is 0 Å². The van der Waals surface area contributed by atoms with Crippen molar-refractivity contribution >= 4 is 24.0 Å². The predicted molar refractivity (Wildman–Crippen MR) is 90.0 cm³/mol. The van der Waals surface area contributed by atoms with Crippen LogP contribution in [0, 0.1) is 19.3 Å². The van der Waals surface area contributed by atoms with E-state index in [1.807, 2.05) is 26.0 Å². The zero-order valence-corrected chi connectivity index (χ0v) is 13.9. The minimum atomic E-state index is 0. The molecule has 0 radical (unpaired) electrons. The number of nitrogens with one attached hydrogen (secondary N) is 1. The van der Waals surface area contributed by atoms with E-state index in [1.165, 1.54) is 0 Å². The molecule has 1 aromatic rings. The maximum Gasteiger partial charge on any atom is 0.238 e. The van der Waals surface area contributed by atoms with Crippen molar-refractivity contribution in [2.45, 2.75) is 27.2 Å². The van der Waals surface area contributed by atoms with Crippen LogP contribution in [0.15, 0.2) is 18.2 Å². The summed E-state index contributed by atoms with van der Waals surface area (Å²) in [6.07, 6.45) is 1.07. The quantitative estimate of drug-likeness (QED) is 0.897. The van der Waals surface area contributed by atoms with E-state index in [4.69, 9.17) is 5.73 Å². The Kier molecular flexibility index (Phi) is 6.20. The molecule has 21 heavy (non-hydrogen) atoms. The summed E-state index contributed by atoms with van der Waals surface area (Å²) < 4.78 is 0. The zero-order chi connectivity index (χ0) is 14.8. The van der Waals surface area contributed by atoms with Crippen LogP contribution in [0.3, 0.4) is 0 Å². The monoisotopic (exact) mass is 311 g/mol. The van der Waals surface area contributed by atoms with E-state index >= 15 is 0 Å². The van der Waals surface area contributed by atoms with E-state index in [0.717, 1.165) is 36.3 Å². The second-order valence-corrected chi connectivity index (χ2v) is 6.34. The number of carbonyl (C=O) groups excluding carboxylic acids is 1. The largest absolute Gasteiger partial charge is 0.330 e. The number of aryl methyl sites for hydroxylation is 2. The average molecular weight is 312 g/mol. The number of halogens is 1. The summed E-state index contributed by atoms with van der Waals surface area (Å²) in [6.45, 7) is 9.22. The number of nitrogens with zero attached hydrogens (tertiary/aromatic N) is 1. The summed E-state index contributed by atoms with van der Waals surface area (Å²) in [5, 5.41) is 3.01. The van der Waals surface area contributed by atoms with E-state index in [1.54, 1.807) is 0 Å². The molecule has 4 nitrogen and oxygen atoms in total. The highest BCUT2D eigenvalue weighted by Crippen LogP contribution is 2.28. The Labute approximate surface area is 133 Å². The molecular formula is C16H26ClN3O. The van der Waals surface area contributed by atoms with Gasteiger partial charge in [-0.1, -0.05) is 19.1 Å². The molecule has 1 fully saturated rings. The number of amides is 1. The van der Waals surface area contributed by atoms with E-state index in [0.29, 0.717) is 13.1 Å². The van der Waals surface area contributed by atoms with E-state index < -0.39 is 0 Å². The lowest BCUT2D eigenvalue weighted by molar-refractivity contribution is -0.117. The van der Waals surface area contributed by atoms with Crippen LogP contribution in [0.4, 0.5) is 5.69 Å². The summed E-state index contributed by atoms with van der Waals surface area (Å²) in [7, 11) is 0. The van der Waals surface area contributed by atoms with Crippen molar-refractivity contribution in [2.24, 2.45) is 11.1 Å². The van der Waals surface area contributed by atoms with Gasteiger partial charge >= 0.3 is 0 Å². The molecule has 1 atom stereocenters. The summed E-state index contributed by atoms with van der Waals surface area (Å²) >= 11 is 0. The number of nitrogens with two attached hydrogens (primary N) is 1. The minimum Gasteiger partial charge on any atom is -0.330 e. The van der Waals surface area contributed by atoms with Gasteiger partial charge in [-0.3, -0.25) is 9.69 Å². The second-order valence-electron chi connectivity index (χ2n) is 6.34. The Hall–Kier alpha value is -1.10. The van der Waals surface area contributed by atoms with Gasteiger partial charge in [-0.15, -0.1) is 12.4 Å². The van der Waals surface area contributed by atoms with Crippen molar-refractivity contribution in [3.63, 3.8) is 0 Å². The number of carbonyl (C=O) groups is 1. The highest BCUT2D eigenvalue weighted by Gasteiger charge is 2.33. The molecule has 1 unspecified atom stereocenters. The Morgan fingerprint density at radius 3 is 2.76 bits per heavy atom. The highest BCUT2D eigenvalue weighted by molar-refractivity contribution is 5.93. The third-order valence-electron chi connectivity index (χ3n) is 4.16. The summed E-state index contributed by atoms with van der Waals surface area (Å²) in [5.74, 6) is 0.0555. The smallest absolute Gasteiger partial charge is 0.238 e. The highest BCUT2D eigenvalue weighted by atomic mass is 35.5. The van der Waals surface area contributed by atoms with Gasteiger partial charge in [0, 0.05) is 12.2 Å². The second kappa shape index (κ2) is 7.25. The Bertz CT molecular complexity index is 506. The Balaban J connectivity index is 0.00000220. The molecule has 0 aliphatic carbocycles. The maximum absolute atomic E-state index is 12.1. The Morgan fingerprint density at radius 1 is 1.43 bits per heavy atom. The van der Waals surface area contributed by atoms with E-state index in [-0.39, 0.29) is 23.7 Å². The topological polar surface area (TPSA) is 58.4 Å². The summed E-state index contributed by atoms with van der Waals surface area (Å²) in [4.78, 5) is 14.3. The van der Waals surface area contributed by atoms with Gasteiger partial charge in [0.05, 0.1) is 6.54 Å². The first-order valence-electron chi connectivity index (χ1n) is 7.21. The third kappa shape index (κ3) is 4.70. The molecule has 1 heterocycles. The van der Waals surface area contributed by atoms with Crippen LogP contribution in [0.1, 0.15) is 24.5 Å². The first-order valence-corrected chi connectivity index (χ1v) is 7.21. The number of hydrogen-bond donors (Lipinski definition) is 2. The number of benzene rings is 1. The molecule has 118 valence electrons. The summed E-state index contributed by atoms with van der Waals surface area (Å²) in [6, 6.07) is 6.10. The maximum atomic E-state index is 12.1. The molecule has 1 saturated heterocycles. The van der Waals surface area contributed by atoms with Crippen molar-refractivity contribution in [3.8, 4) is 0 Å². The van der Waals surface area contributed by atoms with Crippen molar-refractivity contribution in [1.82, 2.24) is 4.90 Å². The lowest BCUT2D eigenvalue weighted by atomic mass is 9.90. The SMILES string of the molecule is Cc1ccc(C)c(NC(=O)CN2CCC(C)(CN)C2)c1.Cl. The number of rotatable bonds is 4. The van der Waals surface area contributed by atoms with Crippen LogP contribution >= 0.6 is 12.4 Å². The van der Waals surface area contributed by atoms with Crippen LogP contribution in [-0.4, -0.2) is 37.0 Å². The fourth-order valence-electron chi connectivity index (χ4n) is 2.69. The molecule has 1 aromatic carbocycles. The van der Waals surface area contributed by atoms with Crippen molar-refractivity contribution < 1.29 is 4.79 Å². The molecule has 1 aliphatic heterocycles. The molecule has 0 saturated carbocycles. The van der Waals surface area contributed by atoms with Crippen LogP contribution in [0.2, 0.25) is 0 Å². The normalized spacial score (nSPS) is 21.9. The lowest BCUT2D eigenvalue weighted by Gasteiger charge is -2.22. The van der Waals surface area contributed by atoms with Crippen LogP contribution in [-0.2, 0) is 4.79 Å². The fourth-order valence-corrected chi connectivity index (χ4v) is 2.69. The van der Waals surface area contributed by atoms with Gasteiger partial charge in [0.15, 0.2) is 0 Å². The molecule has 2 rings (SSSR count). The first-order chi connectivity index (χ1) is 9.42. The molecule has 0 bridgehead atoms. The van der Waals surface area contributed by atoms with Gasteiger partial charge < -0.3 is 11.1 Å². The molecule has 5 heteroatoms. The number of likely N-dealkylation sites (tertiary alicyclic amines) is 1. The third-order valence-corrected chi connectivity index (χ3v) is 4.16. The minimum absolute atomic E-state index is 0. The van der Waals surface area contributed by atoms with Crippen molar-refractivity contribution in [2.75, 3.05) is 31.5 Å². The van der Waals surface area contributed by atoms with Gasteiger partial charge in [0.2, 0.25) is 5.91 Å². The van der Waals surface area contributed by atoms with E-state index in [9.17, 15) is 4.79 Å². The molecule has 1 amide bonds. The van der Waals surface area contributed by atoms with Gasteiger partial charge in [0.1, 0.15) is 0 Å². The van der Waals surface area contributed by atoms with Crippen LogP contribution in [0.25, 0.3) is 0 Å². The van der Waals surface area contributed by atoms with Crippen molar-refractivity contribution in [1.29, 1.82) is 0 Å². The molecule has 3 N–H and O–H groups in total. The van der Waals surface area contributed by atoms with Gasteiger partial charge in [-0.25, -0.2) is 0 Å². The molecule has 0 spiro atoms. The van der Waals surface area contributed by atoms with Crippen molar-refractivity contribution in [3.05, 3.63) is 29.3 Å². The standard InChI is InChI=1S/C16H25N3O.ClH/c1-12-4-5-13(2)14(8-12)18-15(20)9-19-7-6-16(3,10-17)11-19;/h4-5,8H,6-7,9-11,17H2,1-3H3,(H,18,20);1H. The predicted octanol–water partition coefficient (Wildman–Crippen LogP) is 2.33. The van der Waals surface area contributed by atoms with Gasteiger partial charge in [0.25, 0.3) is 0 Å². The average Bonchev–Trinajstić information content (AvgIpc) is 2.76. The zero-order valence-electron chi connectivity index (χ0n) is 13.1. The van der Waals surface area contributed by atoms with E-state index in [2.05, 4.69) is 23.2 Å². The molecular weight excluding hydrogens is 286 g/mol. The summed E-state index contributed by atoms with van der Waals surface area (Å²) in [5.41, 5.74) is 9.12. The number of anilines is 1. The van der Waals surface area contributed by atoms with Gasteiger partial charge in [-0.05, 0) is 56.0 Å². The molecule has 0 aromatic heterocycles. The first kappa shape index (κ1) is 18.0. The molecule has 1 aliphatic rings.